The smallest absolute Gasteiger partial charge is 0.230 e. The van der Waals surface area contributed by atoms with Crippen molar-refractivity contribution in [1.29, 1.82) is 0 Å². The summed E-state index contributed by atoms with van der Waals surface area (Å²) in [6.07, 6.45) is 3.41. The number of aromatic nitrogens is 2. The van der Waals surface area contributed by atoms with Gasteiger partial charge >= 0.3 is 0 Å². The van der Waals surface area contributed by atoms with Gasteiger partial charge in [-0.25, -0.2) is 0 Å². The fourth-order valence-corrected chi connectivity index (χ4v) is 2.50. The first-order chi connectivity index (χ1) is 7.69. The number of piperidine rings is 1. The van der Waals surface area contributed by atoms with Crippen LogP contribution in [0.1, 0.15) is 50.7 Å². The highest BCUT2D eigenvalue weighted by molar-refractivity contribution is 5.11. The molecule has 1 N–H and O–H groups in total. The van der Waals surface area contributed by atoms with Gasteiger partial charge in [-0.3, -0.25) is 0 Å². The zero-order valence-corrected chi connectivity index (χ0v) is 9.99. The van der Waals surface area contributed by atoms with Crippen molar-refractivity contribution in [2.75, 3.05) is 13.1 Å². The lowest BCUT2D eigenvalue weighted by atomic mass is 9.80. The molecule has 4 heteroatoms. The van der Waals surface area contributed by atoms with Crippen LogP contribution in [0.4, 0.5) is 0 Å². The molecule has 0 amide bonds. The van der Waals surface area contributed by atoms with Crippen LogP contribution in [0.25, 0.3) is 0 Å². The van der Waals surface area contributed by atoms with E-state index in [9.17, 15) is 0 Å². The second-order valence-electron chi connectivity index (χ2n) is 5.59. The van der Waals surface area contributed by atoms with Crippen LogP contribution in [0.2, 0.25) is 0 Å². The van der Waals surface area contributed by atoms with Gasteiger partial charge in [-0.2, -0.15) is 4.98 Å². The molecule has 1 aliphatic carbocycles. The lowest BCUT2D eigenvalue weighted by Crippen LogP contribution is -2.38. The molecule has 3 rings (SSSR count). The Balaban J connectivity index is 1.80. The Morgan fingerprint density at radius 3 is 2.69 bits per heavy atom. The zero-order valence-electron chi connectivity index (χ0n) is 9.99. The van der Waals surface area contributed by atoms with E-state index in [1.165, 1.54) is 6.42 Å². The topological polar surface area (TPSA) is 51.0 Å². The van der Waals surface area contributed by atoms with Gasteiger partial charge in [0.2, 0.25) is 5.89 Å². The molecule has 1 aromatic heterocycles. The van der Waals surface area contributed by atoms with Crippen molar-refractivity contribution in [3.8, 4) is 0 Å². The van der Waals surface area contributed by atoms with Crippen LogP contribution in [0.3, 0.4) is 0 Å². The molecule has 1 aliphatic heterocycles. The average molecular weight is 221 g/mol. The maximum absolute atomic E-state index is 5.40. The van der Waals surface area contributed by atoms with Crippen LogP contribution in [-0.4, -0.2) is 23.2 Å². The molecule has 88 valence electrons. The maximum Gasteiger partial charge on any atom is 0.230 e. The molecule has 2 fully saturated rings. The Bertz CT molecular complexity index is 381. The van der Waals surface area contributed by atoms with E-state index in [4.69, 9.17) is 4.52 Å². The van der Waals surface area contributed by atoms with Crippen molar-refractivity contribution < 1.29 is 4.52 Å². The fraction of sp³-hybridized carbons (Fsp3) is 0.833. The minimum atomic E-state index is 0.116. The first-order valence-corrected chi connectivity index (χ1v) is 6.24. The van der Waals surface area contributed by atoms with Crippen molar-refractivity contribution in [3.63, 3.8) is 0 Å². The summed E-state index contributed by atoms with van der Waals surface area (Å²) in [4.78, 5) is 4.61. The van der Waals surface area contributed by atoms with Crippen LogP contribution in [0, 0.1) is 5.92 Å². The number of hydrogen-bond acceptors (Lipinski definition) is 4. The van der Waals surface area contributed by atoms with Crippen LogP contribution < -0.4 is 5.32 Å². The molecule has 2 aliphatic rings. The maximum atomic E-state index is 5.40. The van der Waals surface area contributed by atoms with Crippen LogP contribution in [0.5, 0.6) is 0 Å². The Labute approximate surface area is 95.8 Å². The first-order valence-electron chi connectivity index (χ1n) is 6.24. The van der Waals surface area contributed by atoms with Crippen LogP contribution in [-0.2, 0) is 5.41 Å². The lowest BCUT2D eigenvalue weighted by molar-refractivity contribution is 0.299. The third kappa shape index (κ3) is 1.65. The Kier molecular flexibility index (Phi) is 2.28. The van der Waals surface area contributed by atoms with Crippen molar-refractivity contribution in [2.24, 2.45) is 5.92 Å². The molecule has 0 radical (unpaired) electrons. The zero-order chi connectivity index (χ0) is 11.2. The molecule has 2 heterocycles. The quantitative estimate of drug-likeness (QED) is 0.827. The van der Waals surface area contributed by atoms with E-state index in [1.54, 1.807) is 0 Å². The van der Waals surface area contributed by atoms with Crippen molar-refractivity contribution in [2.45, 2.75) is 44.4 Å². The van der Waals surface area contributed by atoms with E-state index in [0.717, 1.165) is 43.6 Å². The number of nitrogens with one attached hydrogen (secondary N) is 1. The van der Waals surface area contributed by atoms with E-state index < -0.39 is 0 Å². The Hall–Kier alpha value is -0.900. The first kappa shape index (κ1) is 10.3. The molecule has 16 heavy (non-hydrogen) atoms. The third-order valence-corrected chi connectivity index (χ3v) is 4.12. The SMILES string of the molecule is C[C@H]1CC1c1nc(C2(C)CCNCC2)no1. The van der Waals surface area contributed by atoms with Gasteiger partial charge in [0.1, 0.15) is 0 Å². The van der Waals surface area contributed by atoms with E-state index in [2.05, 4.69) is 29.3 Å². The van der Waals surface area contributed by atoms with Gasteiger partial charge in [-0.05, 0) is 38.3 Å². The molecule has 1 saturated carbocycles. The molecule has 0 aromatic carbocycles. The van der Waals surface area contributed by atoms with Gasteiger partial charge in [0.25, 0.3) is 0 Å². The fourth-order valence-electron chi connectivity index (χ4n) is 2.50. The van der Waals surface area contributed by atoms with E-state index in [0.29, 0.717) is 5.92 Å². The minimum absolute atomic E-state index is 0.116. The Morgan fingerprint density at radius 1 is 1.38 bits per heavy atom. The van der Waals surface area contributed by atoms with Crippen molar-refractivity contribution in [3.05, 3.63) is 11.7 Å². The summed E-state index contributed by atoms with van der Waals surface area (Å²) >= 11 is 0. The predicted molar refractivity (Wildman–Crippen MR) is 60.3 cm³/mol. The highest BCUT2D eigenvalue weighted by Crippen LogP contribution is 2.46. The third-order valence-electron chi connectivity index (χ3n) is 4.12. The van der Waals surface area contributed by atoms with Gasteiger partial charge in [-0.15, -0.1) is 0 Å². The van der Waals surface area contributed by atoms with Gasteiger partial charge in [0.15, 0.2) is 5.82 Å². The van der Waals surface area contributed by atoms with Crippen molar-refractivity contribution >= 4 is 0 Å². The summed E-state index contributed by atoms with van der Waals surface area (Å²) < 4.78 is 5.40. The molecule has 0 bridgehead atoms. The summed E-state index contributed by atoms with van der Waals surface area (Å²) in [6.45, 7) is 6.60. The van der Waals surface area contributed by atoms with Crippen LogP contribution in [0.15, 0.2) is 4.52 Å². The second-order valence-corrected chi connectivity index (χ2v) is 5.59. The molecular weight excluding hydrogens is 202 g/mol. The number of nitrogens with zero attached hydrogens (tertiary/aromatic N) is 2. The molecule has 1 unspecified atom stereocenters. The van der Waals surface area contributed by atoms with Crippen molar-refractivity contribution in [1.82, 2.24) is 15.5 Å². The van der Waals surface area contributed by atoms with E-state index >= 15 is 0 Å². The highest BCUT2D eigenvalue weighted by Gasteiger charge is 2.41. The predicted octanol–water partition coefficient (Wildman–Crippen LogP) is 1.83. The van der Waals surface area contributed by atoms with Gasteiger partial charge in [0, 0.05) is 11.3 Å². The normalized spacial score (nSPS) is 32.6. The monoisotopic (exact) mass is 221 g/mol. The van der Waals surface area contributed by atoms with Gasteiger partial charge in [-0.1, -0.05) is 19.0 Å². The van der Waals surface area contributed by atoms with Crippen LogP contribution >= 0.6 is 0 Å². The highest BCUT2D eigenvalue weighted by atomic mass is 16.5. The summed E-state index contributed by atoms with van der Waals surface area (Å²) in [7, 11) is 0. The molecular formula is C12H19N3O. The van der Waals surface area contributed by atoms with E-state index in [-0.39, 0.29) is 5.41 Å². The summed E-state index contributed by atoms with van der Waals surface area (Å²) in [5.41, 5.74) is 0.116. The molecule has 0 spiro atoms. The molecule has 1 saturated heterocycles. The summed E-state index contributed by atoms with van der Waals surface area (Å²) in [6, 6.07) is 0. The van der Waals surface area contributed by atoms with E-state index in [1.807, 2.05) is 0 Å². The molecule has 1 aromatic rings. The lowest BCUT2D eigenvalue weighted by Gasteiger charge is -2.30. The number of hydrogen-bond donors (Lipinski definition) is 1. The number of rotatable bonds is 2. The molecule has 4 nitrogen and oxygen atoms in total. The van der Waals surface area contributed by atoms with Gasteiger partial charge < -0.3 is 9.84 Å². The standard InChI is InChI=1S/C12H19N3O/c1-8-7-9(8)10-14-11(15-16-10)12(2)3-5-13-6-4-12/h8-9,13H,3-7H2,1-2H3/t8-,9?/m0/s1. The summed E-state index contributed by atoms with van der Waals surface area (Å²) in [5.74, 6) is 3.05. The average Bonchev–Trinajstić information content (AvgIpc) is 2.82. The minimum Gasteiger partial charge on any atom is -0.339 e. The second kappa shape index (κ2) is 3.55. The Morgan fingerprint density at radius 2 is 2.06 bits per heavy atom. The van der Waals surface area contributed by atoms with Gasteiger partial charge in [0.05, 0.1) is 0 Å². The largest absolute Gasteiger partial charge is 0.339 e. The summed E-state index contributed by atoms with van der Waals surface area (Å²) in [5, 5.41) is 7.57. The molecule has 2 atom stereocenters.